The number of fused-ring (bicyclic) bond motifs is 1. The molecule has 0 bridgehead atoms. The highest BCUT2D eigenvalue weighted by Gasteiger charge is 2.17. The van der Waals surface area contributed by atoms with Crippen LogP contribution in [-0.2, 0) is 10.0 Å². The number of nitrogens with one attached hydrogen (secondary N) is 2. The number of halogens is 1. The van der Waals surface area contributed by atoms with Gasteiger partial charge in [0.05, 0.1) is 4.90 Å². The molecule has 1 saturated heterocycles. The number of hydrogen-bond acceptors (Lipinski definition) is 3. The maximum atomic E-state index is 12.4. The van der Waals surface area contributed by atoms with Crippen molar-refractivity contribution in [1.82, 2.24) is 10.0 Å². The van der Waals surface area contributed by atoms with Gasteiger partial charge in [0.1, 0.15) is 0 Å². The van der Waals surface area contributed by atoms with Crippen molar-refractivity contribution < 1.29 is 8.42 Å². The minimum absolute atomic E-state index is 0.326. The third-order valence-corrected chi connectivity index (χ3v) is 6.04. The number of sulfonamides is 1. The lowest BCUT2D eigenvalue weighted by molar-refractivity contribution is 0.519. The second-order valence-electron chi connectivity index (χ2n) is 5.70. The van der Waals surface area contributed by atoms with Gasteiger partial charge in [-0.2, -0.15) is 0 Å². The fourth-order valence-electron chi connectivity index (χ4n) is 2.80. The number of hydrogen-bond donors (Lipinski definition) is 2. The van der Waals surface area contributed by atoms with Gasteiger partial charge in [-0.3, -0.25) is 0 Å². The van der Waals surface area contributed by atoms with E-state index in [-0.39, 0.29) is 0 Å². The summed E-state index contributed by atoms with van der Waals surface area (Å²) in [7, 11) is -3.44. The van der Waals surface area contributed by atoms with E-state index < -0.39 is 10.0 Å². The summed E-state index contributed by atoms with van der Waals surface area (Å²) in [5.41, 5.74) is 0. The zero-order valence-electron chi connectivity index (χ0n) is 12.2. The molecule has 22 heavy (non-hydrogen) atoms. The molecule has 0 amide bonds. The van der Waals surface area contributed by atoms with Gasteiger partial charge in [-0.25, -0.2) is 13.1 Å². The lowest BCUT2D eigenvalue weighted by Gasteiger charge is -2.10. The fourth-order valence-corrected chi connectivity index (χ4v) is 4.26. The van der Waals surface area contributed by atoms with Gasteiger partial charge in [-0.1, -0.05) is 28.1 Å². The molecule has 3 rings (SSSR count). The summed E-state index contributed by atoms with van der Waals surface area (Å²) in [6.07, 6.45) is 2.01. The highest BCUT2D eigenvalue weighted by atomic mass is 79.9. The van der Waals surface area contributed by atoms with Crippen LogP contribution in [0.15, 0.2) is 45.8 Å². The van der Waals surface area contributed by atoms with Crippen LogP contribution in [0.1, 0.15) is 12.8 Å². The minimum atomic E-state index is -3.44. The van der Waals surface area contributed by atoms with Crippen LogP contribution in [0.3, 0.4) is 0 Å². The summed E-state index contributed by atoms with van der Waals surface area (Å²) >= 11 is 3.42. The first-order valence-electron chi connectivity index (χ1n) is 7.44. The first-order chi connectivity index (χ1) is 10.5. The standard InChI is InChI=1S/C16H19BrN2O2S/c17-15-3-1-14-10-16(4-2-13(14)9-15)22(20,21)19-8-6-12-5-7-18-11-12/h1-4,9-10,12,18-19H,5-8,11H2. The largest absolute Gasteiger partial charge is 0.316 e. The Morgan fingerprint density at radius 1 is 1.18 bits per heavy atom. The van der Waals surface area contributed by atoms with Crippen molar-refractivity contribution in [1.29, 1.82) is 0 Å². The van der Waals surface area contributed by atoms with Gasteiger partial charge in [-0.05, 0) is 66.9 Å². The maximum absolute atomic E-state index is 12.4. The Balaban J connectivity index is 1.72. The Hall–Kier alpha value is -0.950. The normalized spacial score (nSPS) is 18.9. The summed E-state index contributed by atoms with van der Waals surface area (Å²) < 4.78 is 28.5. The van der Waals surface area contributed by atoms with Crippen LogP contribution >= 0.6 is 15.9 Å². The van der Waals surface area contributed by atoms with E-state index in [2.05, 4.69) is 26.0 Å². The predicted molar refractivity (Wildman–Crippen MR) is 92.4 cm³/mol. The summed E-state index contributed by atoms with van der Waals surface area (Å²) in [5.74, 6) is 0.580. The third-order valence-electron chi connectivity index (χ3n) is 4.09. The molecular weight excluding hydrogens is 364 g/mol. The zero-order valence-corrected chi connectivity index (χ0v) is 14.6. The van der Waals surface area contributed by atoms with E-state index in [1.165, 1.54) is 0 Å². The molecule has 1 unspecified atom stereocenters. The third kappa shape index (κ3) is 3.68. The summed E-state index contributed by atoms with van der Waals surface area (Å²) in [6.45, 7) is 2.53. The lowest BCUT2D eigenvalue weighted by Crippen LogP contribution is -2.26. The highest BCUT2D eigenvalue weighted by molar-refractivity contribution is 9.10. The summed E-state index contributed by atoms with van der Waals surface area (Å²) in [4.78, 5) is 0.326. The van der Waals surface area contributed by atoms with E-state index in [9.17, 15) is 8.42 Å². The van der Waals surface area contributed by atoms with Crippen LogP contribution in [0.5, 0.6) is 0 Å². The Labute approximate surface area is 139 Å². The predicted octanol–water partition coefficient (Wildman–Crippen LogP) is 2.88. The molecule has 0 saturated carbocycles. The number of benzene rings is 2. The molecule has 0 radical (unpaired) electrons. The average molecular weight is 383 g/mol. The Morgan fingerprint density at radius 2 is 1.95 bits per heavy atom. The van der Waals surface area contributed by atoms with Gasteiger partial charge < -0.3 is 5.32 Å². The van der Waals surface area contributed by atoms with E-state index in [1.54, 1.807) is 12.1 Å². The fraction of sp³-hybridized carbons (Fsp3) is 0.375. The van der Waals surface area contributed by atoms with Crippen molar-refractivity contribution >= 4 is 36.7 Å². The van der Waals surface area contributed by atoms with Crippen molar-refractivity contribution in [3.63, 3.8) is 0 Å². The van der Waals surface area contributed by atoms with Gasteiger partial charge in [0.2, 0.25) is 10.0 Å². The Morgan fingerprint density at radius 3 is 2.73 bits per heavy atom. The molecule has 4 nitrogen and oxygen atoms in total. The first-order valence-corrected chi connectivity index (χ1v) is 9.72. The van der Waals surface area contributed by atoms with Crippen LogP contribution < -0.4 is 10.0 Å². The smallest absolute Gasteiger partial charge is 0.240 e. The molecule has 1 aliphatic heterocycles. The number of rotatable bonds is 5. The van der Waals surface area contributed by atoms with Gasteiger partial charge in [-0.15, -0.1) is 0 Å². The van der Waals surface area contributed by atoms with Crippen LogP contribution in [0, 0.1) is 5.92 Å². The maximum Gasteiger partial charge on any atom is 0.240 e. The van der Waals surface area contributed by atoms with E-state index in [1.807, 2.05) is 24.3 Å². The van der Waals surface area contributed by atoms with Gasteiger partial charge in [0, 0.05) is 11.0 Å². The molecule has 2 aromatic rings. The molecule has 1 atom stereocenters. The van der Waals surface area contributed by atoms with E-state index in [0.29, 0.717) is 17.4 Å². The van der Waals surface area contributed by atoms with Crippen molar-refractivity contribution in [3.8, 4) is 0 Å². The molecular formula is C16H19BrN2O2S. The Kier molecular flexibility index (Phi) is 4.82. The topological polar surface area (TPSA) is 58.2 Å². The molecule has 1 fully saturated rings. The van der Waals surface area contributed by atoms with E-state index in [4.69, 9.17) is 0 Å². The van der Waals surface area contributed by atoms with Crippen LogP contribution in [-0.4, -0.2) is 28.1 Å². The molecule has 6 heteroatoms. The second kappa shape index (κ2) is 6.66. The van der Waals surface area contributed by atoms with Gasteiger partial charge >= 0.3 is 0 Å². The van der Waals surface area contributed by atoms with Gasteiger partial charge in [0.25, 0.3) is 0 Å². The van der Waals surface area contributed by atoms with Crippen molar-refractivity contribution in [2.75, 3.05) is 19.6 Å². The molecule has 0 aromatic heterocycles. The summed E-state index contributed by atoms with van der Waals surface area (Å²) in [6, 6.07) is 11.0. The minimum Gasteiger partial charge on any atom is -0.316 e. The zero-order chi connectivity index (χ0) is 15.6. The Bertz CT molecular complexity index is 771. The van der Waals surface area contributed by atoms with Crippen molar-refractivity contribution in [3.05, 3.63) is 40.9 Å². The molecule has 0 aliphatic carbocycles. The highest BCUT2D eigenvalue weighted by Crippen LogP contribution is 2.23. The monoisotopic (exact) mass is 382 g/mol. The average Bonchev–Trinajstić information content (AvgIpc) is 2.99. The van der Waals surface area contributed by atoms with E-state index in [0.717, 1.165) is 41.2 Å². The van der Waals surface area contributed by atoms with Crippen LogP contribution in [0.4, 0.5) is 0 Å². The molecule has 2 aromatic carbocycles. The van der Waals surface area contributed by atoms with Gasteiger partial charge in [0.15, 0.2) is 0 Å². The molecule has 2 N–H and O–H groups in total. The first kappa shape index (κ1) is 15.9. The molecule has 1 heterocycles. The molecule has 0 spiro atoms. The van der Waals surface area contributed by atoms with E-state index >= 15 is 0 Å². The molecule has 1 aliphatic rings. The molecule has 118 valence electrons. The quantitative estimate of drug-likeness (QED) is 0.835. The van der Waals surface area contributed by atoms with Crippen LogP contribution in [0.25, 0.3) is 10.8 Å². The SMILES string of the molecule is O=S(=O)(NCCC1CCNC1)c1ccc2cc(Br)ccc2c1. The lowest BCUT2D eigenvalue weighted by atomic mass is 10.1. The summed E-state index contributed by atoms with van der Waals surface area (Å²) in [5, 5.41) is 5.24. The van der Waals surface area contributed by atoms with Crippen LogP contribution in [0.2, 0.25) is 0 Å². The van der Waals surface area contributed by atoms with Crippen molar-refractivity contribution in [2.24, 2.45) is 5.92 Å². The van der Waals surface area contributed by atoms with Crippen molar-refractivity contribution in [2.45, 2.75) is 17.7 Å². The second-order valence-corrected chi connectivity index (χ2v) is 8.38.